The quantitative estimate of drug-likeness (QED) is 0.596. The lowest BCUT2D eigenvalue weighted by Crippen LogP contribution is -2.18. The van der Waals surface area contributed by atoms with Crippen LogP contribution in [0.3, 0.4) is 0 Å². The first-order valence-corrected chi connectivity index (χ1v) is 7.13. The van der Waals surface area contributed by atoms with Crippen LogP contribution < -0.4 is 5.32 Å². The summed E-state index contributed by atoms with van der Waals surface area (Å²) in [7, 11) is 0. The number of carboxylic acid groups (broad SMARTS) is 1. The number of nitrogens with one attached hydrogen (secondary N) is 1. The lowest BCUT2D eigenvalue weighted by atomic mass is 10.2. The molecule has 0 saturated carbocycles. The van der Waals surface area contributed by atoms with E-state index >= 15 is 0 Å². The summed E-state index contributed by atoms with van der Waals surface area (Å²) in [5, 5.41) is 12.9. The highest BCUT2D eigenvalue weighted by Gasteiger charge is 2.09. The first-order chi connectivity index (χ1) is 8.50. The average Bonchev–Trinajstić information content (AvgIpc) is 2.26. The molecule has 3 nitrogen and oxygen atoms in total. The van der Waals surface area contributed by atoms with E-state index in [1.54, 1.807) is 11.8 Å². The Morgan fingerprint density at radius 1 is 1.50 bits per heavy atom. The fourth-order valence-electron chi connectivity index (χ4n) is 1.48. The molecule has 0 aromatic heterocycles. The summed E-state index contributed by atoms with van der Waals surface area (Å²) in [6.45, 7) is 5.31. The molecule has 0 unspecified atom stereocenters. The van der Waals surface area contributed by atoms with Crippen LogP contribution in [0.15, 0.2) is 23.1 Å². The van der Waals surface area contributed by atoms with Crippen molar-refractivity contribution in [2.24, 2.45) is 0 Å². The zero-order valence-corrected chi connectivity index (χ0v) is 12.1. The summed E-state index contributed by atoms with van der Waals surface area (Å²) in [6, 6.07) is 5.85. The number of aliphatic carboxylic acids is 1. The fraction of sp³-hybridized carbons (Fsp3) is 0.462. The molecule has 0 atom stereocenters. The molecule has 0 saturated heterocycles. The van der Waals surface area contributed by atoms with E-state index in [1.165, 1.54) is 0 Å². The van der Waals surface area contributed by atoms with Gasteiger partial charge in [-0.25, -0.2) is 0 Å². The van der Waals surface area contributed by atoms with Gasteiger partial charge in [0.1, 0.15) is 0 Å². The van der Waals surface area contributed by atoms with Gasteiger partial charge in [0, 0.05) is 28.3 Å². The molecule has 0 spiro atoms. The number of benzene rings is 1. The molecule has 1 aromatic rings. The predicted octanol–water partition coefficient (Wildman–Crippen LogP) is 3.40. The molecule has 0 bridgehead atoms. The van der Waals surface area contributed by atoms with Gasteiger partial charge >= 0.3 is 5.97 Å². The van der Waals surface area contributed by atoms with Gasteiger partial charge in [-0.05, 0) is 17.7 Å². The van der Waals surface area contributed by atoms with Crippen molar-refractivity contribution >= 4 is 29.3 Å². The summed E-state index contributed by atoms with van der Waals surface area (Å²) in [4.78, 5) is 11.6. The van der Waals surface area contributed by atoms with Gasteiger partial charge in [-0.15, -0.1) is 11.8 Å². The van der Waals surface area contributed by atoms with Crippen LogP contribution in [0.2, 0.25) is 5.02 Å². The van der Waals surface area contributed by atoms with Crippen LogP contribution in [0.25, 0.3) is 0 Å². The standard InChI is InChI=1S/C13H18ClNO2S/c1-9(2)18-12-5-3-4-11(14)10(12)8-15-7-6-13(16)17/h3-5,9,15H,6-8H2,1-2H3,(H,16,17). The number of hydrogen-bond acceptors (Lipinski definition) is 3. The van der Waals surface area contributed by atoms with Crippen molar-refractivity contribution in [3.8, 4) is 0 Å². The average molecular weight is 288 g/mol. The van der Waals surface area contributed by atoms with E-state index in [1.807, 2.05) is 18.2 Å². The third-order valence-electron chi connectivity index (χ3n) is 2.26. The SMILES string of the molecule is CC(C)Sc1cccc(Cl)c1CNCCC(=O)O. The second-order valence-corrected chi connectivity index (χ2v) is 6.23. The normalized spacial score (nSPS) is 10.9. The molecule has 0 aliphatic carbocycles. The van der Waals surface area contributed by atoms with Crippen LogP contribution in [0.4, 0.5) is 0 Å². The second-order valence-electron chi connectivity index (χ2n) is 4.20. The van der Waals surface area contributed by atoms with Crippen molar-refractivity contribution < 1.29 is 9.90 Å². The van der Waals surface area contributed by atoms with Crippen LogP contribution in [-0.4, -0.2) is 22.9 Å². The number of hydrogen-bond donors (Lipinski definition) is 2. The molecule has 0 aliphatic heterocycles. The molecule has 1 rings (SSSR count). The van der Waals surface area contributed by atoms with Crippen molar-refractivity contribution in [2.45, 2.75) is 37.0 Å². The number of thioether (sulfide) groups is 1. The molecule has 0 fully saturated rings. The first-order valence-electron chi connectivity index (χ1n) is 5.87. The van der Waals surface area contributed by atoms with Crippen LogP contribution in [-0.2, 0) is 11.3 Å². The molecule has 1 aromatic carbocycles. The molecule has 0 heterocycles. The van der Waals surface area contributed by atoms with Gasteiger partial charge in [-0.2, -0.15) is 0 Å². The number of halogens is 1. The smallest absolute Gasteiger partial charge is 0.304 e. The van der Waals surface area contributed by atoms with E-state index in [9.17, 15) is 4.79 Å². The summed E-state index contributed by atoms with van der Waals surface area (Å²) < 4.78 is 0. The van der Waals surface area contributed by atoms with Gasteiger partial charge in [-0.1, -0.05) is 31.5 Å². The minimum Gasteiger partial charge on any atom is -0.481 e. The van der Waals surface area contributed by atoms with Gasteiger partial charge in [0.05, 0.1) is 6.42 Å². The Balaban J connectivity index is 2.64. The third kappa shape index (κ3) is 5.29. The van der Waals surface area contributed by atoms with Crippen LogP contribution >= 0.6 is 23.4 Å². The van der Waals surface area contributed by atoms with Crippen LogP contribution in [0, 0.1) is 0 Å². The maximum atomic E-state index is 10.4. The van der Waals surface area contributed by atoms with E-state index in [4.69, 9.17) is 16.7 Å². The minimum atomic E-state index is -0.793. The van der Waals surface area contributed by atoms with E-state index in [-0.39, 0.29) is 6.42 Å². The zero-order chi connectivity index (χ0) is 13.5. The molecular weight excluding hydrogens is 270 g/mol. The largest absolute Gasteiger partial charge is 0.481 e. The molecule has 0 aliphatic rings. The number of carboxylic acids is 1. The van der Waals surface area contributed by atoms with Crippen LogP contribution in [0.5, 0.6) is 0 Å². The Labute approximate surface area is 117 Å². The van der Waals surface area contributed by atoms with Gasteiger partial charge in [0.25, 0.3) is 0 Å². The molecule has 0 amide bonds. The molecule has 5 heteroatoms. The van der Waals surface area contributed by atoms with E-state index in [0.29, 0.717) is 18.3 Å². The Morgan fingerprint density at radius 2 is 2.22 bits per heavy atom. The Morgan fingerprint density at radius 3 is 2.83 bits per heavy atom. The summed E-state index contributed by atoms with van der Waals surface area (Å²) in [5.41, 5.74) is 1.04. The zero-order valence-electron chi connectivity index (χ0n) is 10.6. The Kier molecular flexibility index (Phi) is 6.54. The number of carbonyl (C=O) groups is 1. The van der Waals surface area contributed by atoms with Crippen molar-refractivity contribution in [3.05, 3.63) is 28.8 Å². The van der Waals surface area contributed by atoms with Gasteiger partial charge in [0.15, 0.2) is 0 Å². The molecule has 100 valence electrons. The first kappa shape index (κ1) is 15.3. The minimum absolute atomic E-state index is 0.122. The second kappa shape index (κ2) is 7.67. The lowest BCUT2D eigenvalue weighted by Gasteiger charge is -2.13. The maximum absolute atomic E-state index is 10.4. The predicted molar refractivity (Wildman–Crippen MR) is 76.4 cm³/mol. The maximum Gasteiger partial charge on any atom is 0.304 e. The summed E-state index contributed by atoms with van der Waals surface area (Å²) in [5.74, 6) is -0.793. The van der Waals surface area contributed by atoms with Crippen LogP contribution in [0.1, 0.15) is 25.8 Å². The topological polar surface area (TPSA) is 49.3 Å². The Hall–Kier alpha value is -0.710. The van der Waals surface area contributed by atoms with E-state index in [0.717, 1.165) is 15.5 Å². The van der Waals surface area contributed by atoms with Crippen molar-refractivity contribution in [1.29, 1.82) is 0 Å². The molecular formula is C13H18ClNO2S. The highest BCUT2D eigenvalue weighted by Crippen LogP contribution is 2.30. The highest BCUT2D eigenvalue weighted by molar-refractivity contribution is 8.00. The number of rotatable bonds is 7. The molecule has 0 radical (unpaired) electrons. The van der Waals surface area contributed by atoms with E-state index in [2.05, 4.69) is 19.2 Å². The van der Waals surface area contributed by atoms with Gasteiger partial charge < -0.3 is 10.4 Å². The monoisotopic (exact) mass is 287 g/mol. The van der Waals surface area contributed by atoms with Crippen molar-refractivity contribution in [1.82, 2.24) is 5.32 Å². The van der Waals surface area contributed by atoms with Gasteiger partial charge in [-0.3, -0.25) is 4.79 Å². The third-order valence-corrected chi connectivity index (χ3v) is 3.72. The Bertz CT molecular complexity index is 410. The lowest BCUT2D eigenvalue weighted by molar-refractivity contribution is -0.136. The van der Waals surface area contributed by atoms with E-state index < -0.39 is 5.97 Å². The van der Waals surface area contributed by atoms with Gasteiger partial charge in [0.2, 0.25) is 0 Å². The molecule has 2 N–H and O–H groups in total. The molecule has 18 heavy (non-hydrogen) atoms. The highest BCUT2D eigenvalue weighted by atomic mass is 35.5. The summed E-state index contributed by atoms with van der Waals surface area (Å²) >= 11 is 7.95. The van der Waals surface area contributed by atoms with Crippen molar-refractivity contribution in [3.63, 3.8) is 0 Å². The fourth-order valence-corrected chi connectivity index (χ4v) is 2.77. The summed E-state index contributed by atoms with van der Waals surface area (Å²) in [6.07, 6.45) is 0.122. The van der Waals surface area contributed by atoms with Crippen molar-refractivity contribution in [2.75, 3.05) is 6.54 Å².